The minimum absolute atomic E-state index is 0.0157. The van der Waals surface area contributed by atoms with E-state index in [2.05, 4.69) is 15.3 Å². The van der Waals surface area contributed by atoms with Crippen LogP contribution in [0.15, 0.2) is 27.8 Å². The number of carbonyl (C=O) groups is 1. The van der Waals surface area contributed by atoms with Gasteiger partial charge in [-0.3, -0.25) is 14.4 Å². The van der Waals surface area contributed by atoms with Crippen molar-refractivity contribution in [3.63, 3.8) is 0 Å². The zero-order chi connectivity index (χ0) is 14.7. The molecule has 1 unspecified atom stereocenters. The van der Waals surface area contributed by atoms with Crippen molar-refractivity contribution >= 4 is 22.7 Å². The van der Waals surface area contributed by atoms with Gasteiger partial charge in [0.25, 0.3) is 0 Å². The van der Waals surface area contributed by atoms with Gasteiger partial charge in [-0.05, 0) is 31.5 Å². The SMILES string of the molecule is CC(CCC(=O)O)Nc1ccc2[nH]c(=O)c(=O)[nH]c2c1. The van der Waals surface area contributed by atoms with Gasteiger partial charge in [0.15, 0.2) is 0 Å². The van der Waals surface area contributed by atoms with Crippen LogP contribution in [0.5, 0.6) is 0 Å². The summed E-state index contributed by atoms with van der Waals surface area (Å²) in [6.45, 7) is 1.88. The van der Waals surface area contributed by atoms with Crippen molar-refractivity contribution < 1.29 is 9.90 Å². The van der Waals surface area contributed by atoms with E-state index in [1.165, 1.54) is 0 Å². The lowest BCUT2D eigenvalue weighted by Gasteiger charge is -2.14. The Hall–Kier alpha value is -2.57. The summed E-state index contributed by atoms with van der Waals surface area (Å²) in [5.74, 6) is -0.834. The number of H-pyrrole nitrogens is 2. The van der Waals surface area contributed by atoms with Crippen LogP contribution < -0.4 is 16.4 Å². The Kier molecular flexibility index (Phi) is 3.88. The average molecular weight is 277 g/mol. The van der Waals surface area contributed by atoms with Crippen LogP contribution in [0.2, 0.25) is 0 Å². The fourth-order valence-corrected chi connectivity index (χ4v) is 1.90. The fourth-order valence-electron chi connectivity index (χ4n) is 1.90. The zero-order valence-electron chi connectivity index (χ0n) is 10.9. The Balaban J connectivity index is 2.19. The first kappa shape index (κ1) is 13.9. The van der Waals surface area contributed by atoms with Crippen molar-refractivity contribution in [1.82, 2.24) is 9.97 Å². The van der Waals surface area contributed by atoms with Crippen LogP contribution in [-0.2, 0) is 4.79 Å². The smallest absolute Gasteiger partial charge is 0.314 e. The van der Waals surface area contributed by atoms with Gasteiger partial charge in [-0.2, -0.15) is 0 Å². The third-order valence-electron chi connectivity index (χ3n) is 2.93. The largest absolute Gasteiger partial charge is 0.481 e. The summed E-state index contributed by atoms with van der Waals surface area (Å²) in [6.07, 6.45) is 0.585. The van der Waals surface area contributed by atoms with Crippen molar-refractivity contribution in [3.05, 3.63) is 38.9 Å². The minimum atomic E-state index is -0.834. The lowest BCUT2D eigenvalue weighted by atomic mass is 10.1. The van der Waals surface area contributed by atoms with Gasteiger partial charge in [-0.1, -0.05) is 0 Å². The molecular weight excluding hydrogens is 262 g/mol. The summed E-state index contributed by atoms with van der Waals surface area (Å²) in [6, 6.07) is 5.12. The van der Waals surface area contributed by atoms with E-state index < -0.39 is 17.1 Å². The van der Waals surface area contributed by atoms with Crippen molar-refractivity contribution in [3.8, 4) is 0 Å². The lowest BCUT2D eigenvalue weighted by Crippen LogP contribution is -2.28. The molecule has 0 amide bonds. The monoisotopic (exact) mass is 277 g/mol. The number of aliphatic carboxylic acids is 1. The molecule has 1 atom stereocenters. The Morgan fingerprint density at radius 2 is 1.90 bits per heavy atom. The fraction of sp³-hybridized carbons (Fsp3) is 0.308. The van der Waals surface area contributed by atoms with Gasteiger partial charge >= 0.3 is 17.1 Å². The topological polar surface area (TPSA) is 115 Å². The van der Waals surface area contributed by atoms with Gasteiger partial charge in [0.1, 0.15) is 0 Å². The molecule has 0 bridgehead atoms. The molecule has 7 nitrogen and oxygen atoms in total. The molecule has 0 fully saturated rings. The minimum Gasteiger partial charge on any atom is -0.481 e. The highest BCUT2D eigenvalue weighted by molar-refractivity contribution is 5.78. The molecule has 0 aliphatic rings. The summed E-state index contributed by atoms with van der Waals surface area (Å²) in [7, 11) is 0. The van der Waals surface area contributed by atoms with E-state index in [1.54, 1.807) is 18.2 Å². The van der Waals surface area contributed by atoms with Crippen molar-refractivity contribution in [2.24, 2.45) is 0 Å². The normalized spacial score (nSPS) is 12.2. The summed E-state index contributed by atoms with van der Waals surface area (Å²) < 4.78 is 0. The molecule has 0 spiro atoms. The van der Waals surface area contributed by atoms with Crippen LogP contribution in [0, 0.1) is 0 Å². The van der Waals surface area contributed by atoms with Crippen LogP contribution in [-0.4, -0.2) is 27.1 Å². The highest BCUT2D eigenvalue weighted by atomic mass is 16.4. The molecule has 0 saturated heterocycles. The number of carboxylic acids is 1. The molecule has 1 aromatic carbocycles. The quantitative estimate of drug-likeness (QED) is 0.606. The number of benzene rings is 1. The van der Waals surface area contributed by atoms with Crippen LogP contribution in [0.25, 0.3) is 11.0 Å². The second kappa shape index (κ2) is 5.60. The number of aromatic amines is 2. The maximum Gasteiger partial charge on any atom is 0.314 e. The van der Waals surface area contributed by atoms with Crippen molar-refractivity contribution in [2.45, 2.75) is 25.8 Å². The van der Waals surface area contributed by atoms with Crippen LogP contribution in [0.3, 0.4) is 0 Å². The number of hydrogen-bond donors (Lipinski definition) is 4. The summed E-state index contributed by atoms with van der Waals surface area (Å²) in [4.78, 5) is 37.9. The van der Waals surface area contributed by atoms with E-state index in [0.717, 1.165) is 5.69 Å². The molecule has 0 aliphatic carbocycles. The molecule has 7 heteroatoms. The van der Waals surface area contributed by atoms with Gasteiger partial charge in [0, 0.05) is 18.2 Å². The van der Waals surface area contributed by atoms with Crippen LogP contribution >= 0.6 is 0 Å². The molecule has 1 heterocycles. The lowest BCUT2D eigenvalue weighted by molar-refractivity contribution is -0.137. The number of rotatable bonds is 5. The molecule has 20 heavy (non-hydrogen) atoms. The Bertz CT molecular complexity index is 747. The van der Waals surface area contributed by atoms with Crippen molar-refractivity contribution in [2.75, 3.05) is 5.32 Å². The first-order chi connectivity index (χ1) is 9.45. The number of fused-ring (bicyclic) bond motifs is 1. The molecule has 0 aliphatic heterocycles. The molecule has 0 radical (unpaired) electrons. The second-order valence-corrected chi connectivity index (χ2v) is 4.65. The van der Waals surface area contributed by atoms with Gasteiger partial charge in [0.05, 0.1) is 11.0 Å². The van der Waals surface area contributed by atoms with Gasteiger partial charge in [0.2, 0.25) is 0 Å². The maximum absolute atomic E-state index is 11.3. The molecule has 106 valence electrons. The third-order valence-corrected chi connectivity index (χ3v) is 2.93. The van der Waals surface area contributed by atoms with Gasteiger partial charge in [-0.25, -0.2) is 0 Å². The molecule has 2 aromatic rings. The molecule has 2 rings (SSSR count). The van der Waals surface area contributed by atoms with E-state index in [0.29, 0.717) is 17.5 Å². The zero-order valence-corrected chi connectivity index (χ0v) is 10.9. The maximum atomic E-state index is 11.3. The average Bonchev–Trinajstić information content (AvgIpc) is 2.38. The number of nitrogens with one attached hydrogen (secondary N) is 3. The van der Waals surface area contributed by atoms with Crippen LogP contribution in [0.4, 0.5) is 5.69 Å². The van der Waals surface area contributed by atoms with Crippen LogP contribution in [0.1, 0.15) is 19.8 Å². The number of hydrogen-bond acceptors (Lipinski definition) is 4. The highest BCUT2D eigenvalue weighted by Gasteiger charge is 2.06. The first-order valence-electron chi connectivity index (χ1n) is 6.20. The molecule has 1 aromatic heterocycles. The van der Waals surface area contributed by atoms with E-state index in [1.807, 2.05) is 6.92 Å². The van der Waals surface area contributed by atoms with E-state index >= 15 is 0 Å². The predicted molar refractivity (Wildman–Crippen MR) is 75.1 cm³/mol. The Labute approximate surface area is 113 Å². The first-order valence-corrected chi connectivity index (χ1v) is 6.20. The number of carboxylic acid groups (broad SMARTS) is 1. The third kappa shape index (κ3) is 3.25. The summed E-state index contributed by atoms with van der Waals surface area (Å²) >= 11 is 0. The summed E-state index contributed by atoms with van der Waals surface area (Å²) in [5, 5.41) is 11.8. The predicted octanol–water partition coefficient (Wildman–Crippen LogP) is 0.882. The van der Waals surface area contributed by atoms with Gasteiger partial charge < -0.3 is 20.4 Å². The molecule has 4 N–H and O–H groups in total. The Morgan fingerprint density at radius 1 is 1.25 bits per heavy atom. The highest BCUT2D eigenvalue weighted by Crippen LogP contribution is 2.15. The summed E-state index contributed by atoms with van der Waals surface area (Å²) in [5.41, 5.74) is 0.420. The number of aromatic nitrogens is 2. The molecular formula is C13H15N3O4. The second-order valence-electron chi connectivity index (χ2n) is 4.65. The standard InChI is InChI=1S/C13H15N3O4/c1-7(2-5-11(17)18)14-8-3-4-9-10(6-8)16-13(20)12(19)15-9/h3-4,6-7,14H,2,5H2,1H3,(H,15,19)(H,16,20)(H,17,18). The van der Waals surface area contributed by atoms with E-state index in [9.17, 15) is 14.4 Å². The van der Waals surface area contributed by atoms with E-state index in [-0.39, 0.29) is 12.5 Å². The van der Waals surface area contributed by atoms with Crippen molar-refractivity contribution in [1.29, 1.82) is 0 Å². The Morgan fingerprint density at radius 3 is 2.55 bits per heavy atom. The number of anilines is 1. The molecule has 0 saturated carbocycles. The van der Waals surface area contributed by atoms with E-state index in [4.69, 9.17) is 5.11 Å². The van der Waals surface area contributed by atoms with Gasteiger partial charge in [-0.15, -0.1) is 0 Å².